The second kappa shape index (κ2) is 10.2. The topological polar surface area (TPSA) is 61.8 Å². The minimum Gasteiger partial charge on any atom is -0.493 e. The van der Waals surface area contributed by atoms with Crippen molar-refractivity contribution in [2.45, 2.75) is 13.3 Å². The van der Waals surface area contributed by atoms with Gasteiger partial charge < -0.3 is 14.2 Å². The first-order valence-electron chi connectivity index (χ1n) is 6.94. The molecule has 0 N–H and O–H groups in total. The van der Waals surface area contributed by atoms with Crippen LogP contribution in [0.15, 0.2) is 42.5 Å². The molecule has 0 aliphatic heterocycles. The zero-order valence-electron chi connectivity index (χ0n) is 12.8. The second-order valence-corrected chi connectivity index (χ2v) is 4.30. The molecule has 0 unspecified atom stereocenters. The maximum Gasteiger partial charge on any atom is 0.330 e. The summed E-state index contributed by atoms with van der Waals surface area (Å²) in [7, 11) is 1.33. The summed E-state index contributed by atoms with van der Waals surface area (Å²) in [6, 6.07) is 7.28. The molecule has 0 atom stereocenters. The molecule has 0 aromatic heterocycles. The average Bonchev–Trinajstić information content (AvgIpc) is 2.53. The van der Waals surface area contributed by atoms with Crippen molar-refractivity contribution >= 4 is 18.0 Å². The zero-order chi connectivity index (χ0) is 16.2. The highest BCUT2D eigenvalue weighted by atomic mass is 16.5. The highest BCUT2D eigenvalue weighted by Gasteiger charge is 1.98. The highest BCUT2D eigenvalue weighted by Crippen LogP contribution is 2.13. The Morgan fingerprint density at radius 2 is 1.77 bits per heavy atom. The Kier molecular flexibility index (Phi) is 8.12. The van der Waals surface area contributed by atoms with Crippen LogP contribution in [0, 0.1) is 0 Å². The molecule has 0 aliphatic rings. The Balaban J connectivity index is 2.28. The lowest BCUT2D eigenvalue weighted by Crippen LogP contribution is -2.06. The molecule has 1 aromatic carbocycles. The molecule has 22 heavy (non-hydrogen) atoms. The number of benzene rings is 1. The van der Waals surface area contributed by atoms with Gasteiger partial charge in [-0.2, -0.15) is 0 Å². The fourth-order valence-corrected chi connectivity index (χ4v) is 1.51. The quantitative estimate of drug-likeness (QED) is 0.420. The summed E-state index contributed by atoms with van der Waals surface area (Å²) in [6.07, 6.45) is 6.65. The molecular weight excluding hydrogens is 284 g/mol. The summed E-state index contributed by atoms with van der Waals surface area (Å²) < 4.78 is 15.0. The Hall–Kier alpha value is -2.56. The molecule has 118 valence electrons. The van der Waals surface area contributed by atoms with Gasteiger partial charge in [-0.1, -0.05) is 18.2 Å². The van der Waals surface area contributed by atoms with Crippen molar-refractivity contribution in [2.24, 2.45) is 0 Å². The van der Waals surface area contributed by atoms with Gasteiger partial charge in [0.2, 0.25) is 0 Å². The first-order chi connectivity index (χ1) is 10.7. The van der Waals surface area contributed by atoms with Crippen molar-refractivity contribution in [1.82, 2.24) is 0 Å². The van der Waals surface area contributed by atoms with Crippen LogP contribution in [0.4, 0.5) is 0 Å². The van der Waals surface area contributed by atoms with Gasteiger partial charge in [-0.3, -0.25) is 0 Å². The lowest BCUT2D eigenvalue weighted by atomic mass is 10.2. The molecule has 0 fully saturated rings. The molecule has 0 amide bonds. The van der Waals surface area contributed by atoms with Gasteiger partial charge in [-0.05, 0) is 30.7 Å². The third-order valence-electron chi connectivity index (χ3n) is 2.60. The van der Waals surface area contributed by atoms with Crippen molar-refractivity contribution < 1.29 is 23.8 Å². The van der Waals surface area contributed by atoms with E-state index in [1.807, 2.05) is 24.3 Å². The predicted octanol–water partition coefficient (Wildman–Crippen LogP) is 2.76. The Morgan fingerprint density at radius 3 is 2.41 bits per heavy atom. The van der Waals surface area contributed by atoms with E-state index in [4.69, 9.17) is 9.47 Å². The van der Waals surface area contributed by atoms with Crippen molar-refractivity contribution in [2.75, 3.05) is 20.3 Å². The first kappa shape index (κ1) is 17.5. The normalized spacial score (nSPS) is 10.8. The molecular formula is C17H20O5. The molecule has 0 saturated carbocycles. The van der Waals surface area contributed by atoms with E-state index in [2.05, 4.69) is 4.74 Å². The molecule has 0 radical (unpaired) electrons. The van der Waals surface area contributed by atoms with E-state index in [1.54, 1.807) is 19.1 Å². The molecule has 5 heteroatoms. The number of hydrogen-bond donors (Lipinski definition) is 0. The zero-order valence-corrected chi connectivity index (χ0v) is 12.8. The third kappa shape index (κ3) is 7.28. The molecule has 1 rings (SSSR count). The Bertz CT molecular complexity index is 528. The number of rotatable bonds is 8. The second-order valence-electron chi connectivity index (χ2n) is 4.30. The number of allylic oxidation sites excluding steroid dienone is 1. The van der Waals surface area contributed by atoms with Crippen LogP contribution < -0.4 is 4.74 Å². The smallest absolute Gasteiger partial charge is 0.330 e. The number of carbonyl (C=O) groups is 2. The molecule has 1 aromatic rings. The maximum absolute atomic E-state index is 11.1. The van der Waals surface area contributed by atoms with Gasteiger partial charge in [0.1, 0.15) is 5.75 Å². The average molecular weight is 304 g/mol. The molecule has 0 aliphatic carbocycles. The summed E-state index contributed by atoms with van der Waals surface area (Å²) in [5, 5.41) is 0. The fourth-order valence-electron chi connectivity index (χ4n) is 1.51. The van der Waals surface area contributed by atoms with Crippen molar-refractivity contribution in [1.29, 1.82) is 0 Å². The molecule has 0 heterocycles. The van der Waals surface area contributed by atoms with E-state index in [0.29, 0.717) is 19.6 Å². The van der Waals surface area contributed by atoms with Gasteiger partial charge in [0.25, 0.3) is 0 Å². The lowest BCUT2D eigenvalue weighted by molar-refractivity contribution is -0.138. The minimum atomic E-state index is -0.396. The summed E-state index contributed by atoms with van der Waals surface area (Å²) in [5.74, 6) is -0.0213. The monoisotopic (exact) mass is 304 g/mol. The van der Waals surface area contributed by atoms with E-state index in [0.717, 1.165) is 11.3 Å². The molecule has 5 nitrogen and oxygen atoms in total. The van der Waals surface area contributed by atoms with Crippen LogP contribution in [0.3, 0.4) is 0 Å². The first-order valence-corrected chi connectivity index (χ1v) is 6.94. The SMILES string of the molecule is CC=CC(=O)OCCCOc1ccc(/C=C/C(=O)OC)cc1. The Morgan fingerprint density at radius 1 is 1.05 bits per heavy atom. The number of esters is 2. The van der Waals surface area contributed by atoms with Crippen molar-refractivity contribution in [3.8, 4) is 5.75 Å². The van der Waals surface area contributed by atoms with Crippen LogP contribution in [0.5, 0.6) is 5.75 Å². The molecule has 0 bridgehead atoms. The third-order valence-corrected chi connectivity index (χ3v) is 2.60. The van der Waals surface area contributed by atoms with Gasteiger partial charge in [0.05, 0.1) is 20.3 Å². The summed E-state index contributed by atoms with van der Waals surface area (Å²) in [6.45, 7) is 2.54. The Labute approximate surface area is 130 Å². The largest absolute Gasteiger partial charge is 0.493 e. The van der Waals surface area contributed by atoms with Crippen molar-refractivity contribution in [3.05, 3.63) is 48.1 Å². The van der Waals surface area contributed by atoms with E-state index in [9.17, 15) is 9.59 Å². The molecule has 0 saturated heterocycles. The van der Waals surface area contributed by atoms with Gasteiger partial charge in [0.15, 0.2) is 0 Å². The number of methoxy groups -OCH3 is 1. The van der Waals surface area contributed by atoms with E-state index in [1.165, 1.54) is 19.3 Å². The maximum atomic E-state index is 11.1. The fraction of sp³-hybridized carbons (Fsp3) is 0.294. The van der Waals surface area contributed by atoms with Crippen LogP contribution in [-0.2, 0) is 19.1 Å². The van der Waals surface area contributed by atoms with Crippen LogP contribution in [-0.4, -0.2) is 32.3 Å². The summed E-state index contributed by atoms with van der Waals surface area (Å²) >= 11 is 0. The van der Waals surface area contributed by atoms with Gasteiger partial charge in [-0.15, -0.1) is 0 Å². The van der Waals surface area contributed by atoms with E-state index >= 15 is 0 Å². The van der Waals surface area contributed by atoms with Gasteiger partial charge in [0, 0.05) is 18.6 Å². The standard InChI is InChI=1S/C17H20O5/c1-3-5-17(19)22-13-4-12-21-15-9-6-14(7-10-15)8-11-16(18)20-2/h3,5-11H,4,12-13H2,1-2H3/b5-3?,11-8+. The van der Waals surface area contributed by atoms with Crippen LogP contribution >= 0.6 is 0 Å². The van der Waals surface area contributed by atoms with Gasteiger partial charge in [-0.25, -0.2) is 9.59 Å². The van der Waals surface area contributed by atoms with Crippen LogP contribution in [0.25, 0.3) is 6.08 Å². The van der Waals surface area contributed by atoms with Crippen LogP contribution in [0.1, 0.15) is 18.9 Å². The van der Waals surface area contributed by atoms with E-state index in [-0.39, 0.29) is 5.97 Å². The predicted molar refractivity (Wildman–Crippen MR) is 83.4 cm³/mol. The number of carbonyl (C=O) groups excluding carboxylic acids is 2. The minimum absolute atomic E-state index is 0.323. The van der Waals surface area contributed by atoms with Crippen LogP contribution in [0.2, 0.25) is 0 Å². The number of ether oxygens (including phenoxy) is 3. The summed E-state index contributed by atoms with van der Waals surface area (Å²) in [4.78, 5) is 22.0. The van der Waals surface area contributed by atoms with Gasteiger partial charge >= 0.3 is 11.9 Å². The van der Waals surface area contributed by atoms with E-state index < -0.39 is 5.97 Å². The number of hydrogen-bond acceptors (Lipinski definition) is 5. The lowest BCUT2D eigenvalue weighted by Gasteiger charge is -2.06. The van der Waals surface area contributed by atoms with Crippen molar-refractivity contribution in [3.63, 3.8) is 0 Å². The molecule has 0 spiro atoms. The summed E-state index contributed by atoms with van der Waals surface area (Å²) in [5.41, 5.74) is 0.873. The highest BCUT2D eigenvalue weighted by molar-refractivity contribution is 5.86.